The molecule has 90 valence electrons. The van der Waals surface area contributed by atoms with E-state index in [-0.39, 0.29) is 23.4 Å². The molecule has 0 aromatic heterocycles. The van der Waals surface area contributed by atoms with Crippen LogP contribution in [-0.2, 0) is 0 Å². The molecule has 2 atom stereocenters. The fraction of sp³-hybridized carbons (Fsp3) is 0.143. The van der Waals surface area contributed by atoms with E-state index in [0.717, 1.165) is 7.15 Å². The lowest BCUT2D eigenvalue weighted by atomic mass is 9.72. The average Bonchev–Trinajstić information content (AvgIpc) is 2.35. The average molecular weight is 462 g/mol. The van der Waals surface area contributed by atoms with Crippen LogP contribution < -0.4 is 0 Å². The van der Waals surface area contributed by atoms with E-state index in [9.17, 15) is 9.59 Å². The van der Waals surface area contributed by atoms with Crippen LogP contribution in [0.25, 0.3) is 0 Å². The summed E-state index contributed by atoms with van der Waals surface area (Å²) in [6, 6.07) is 5.46. The van der Waals surface area contributed by atoms with Gasteiger partial charge in [-0.2, -0.15) is 0 Å². The number of hydrogen-bond donors (Lipinski definition) is 0. The minimum absolute atomic E-state index is 0.0617. The van der Waals surface area contributed by atoms with E-state index in [4.69, 9.17) is 0 Å². The zero-order valence-electron chi connectivity index (χ0n) is 9.19. The molecule has 3 rings (SSSR count). The van der Waals surface area contributed by atoms with E-state index in [1.165, 1.54) is 0 Å². The zero-order valence-corrected chi connectivity index (χ0v) is 13.5. The van der Waals surface area contributed by atoms with Crippen molar-refractivity contribution in [3.05, 3.63) is 54.7 Å². The number of Topliss-reactive ketones (excluding diaryl/α,β-unsaturated/α-hetero) is 2. The van der Waals surface area contributed by atoms with E-state index >= 15 is 0 Å². The van der Waals surface area contributed by atoms with Gasteiger partial charge >= 0.3 is 0 Å². The molecule has 18 heavy (non-hydrogen) atoms. The van der Waals surface area contributed by atoms with Crippen molar-refractivity contribution in [3.63, 3.8) is 0 Å². The summed E-state index contributed by atoms with van der Waals surface area (Å²) in [5, 5.41) is 0. The van der Waals surface area contributed by atoms with Gasteiger partial charge < -0.3 is 0 Å². The Morgan fingerprint density at radius 3 is 2.61 bits per heavy atom. The molecule has 0 amide bonds. The van der Waals surface area contributed by atoms with Gasteiger partial charge in [-0.3, -0.25) is 9.59 Å². The minimum atomic E-state index is -0.319. The van der Waals surface area contributed by atoms with Crippen molar-refractivity contribution in [2.45, 2.75) is 0 Å². The molecule has 0 N–H and O–H groups in total. The molecule has 2 aliphatic rings. The molecule has 2 aliphatic carbocycles. The highest BCUT2D eigenvalue weighted by atomic mass is 127. The molecule has 0 fully saturated rings. The fourth-order valence-electron chi connectivity index (χ4n) is 2.50. The Morgan fingerprint density at radius 2 is 1.83 bits per heavy atom. The Hall–Kier alpha value is -0.500. The Kier molecular flexibility index (Phi) is 3.17. The molecular weight excluding hydrogens is 454 g/mol. The van der Waals surface area contributed by atoms with Crippen LogP contribution in [0.5, 0.6) is 0 Å². The summed E-state index contributed by atoms with van der Waals surface area (Å²) in [7, 11) is 0. The summed E-state index contributed by atoms with van der Waals surface area (Å²) in [6.07, 6.45) is 5.62. The monoisotopic (exact) mass is 462 g/mol. The first-order chi connectivity index (χ1) is 8.61. The number of halogens is 2. The third-order valence-corrected chi connectivity index (χ3v) is 5.27. The highest BCUT2D eigenvalue weighted by Gasteiger charge is 2.43. The molecule has 0 heterocycles. The number of fused-ring (bicyclic) bond motifs is 2. The van der Waals surface area contributed by atoms with Gasteiger partial charge in [-0.25, -0.2) is 0 Å². The molecule has 0 bridgehead atoms. The van der Waals surface area contributed by atoms with Gasteiger partial charge in [0.1, 0.15) is 0 Å². The van der Waals surface area contributed by atoms with E-state index < -0.39 is 0 Å². The zero-order chi connectivity index (χ0) is 12.9. The van der Waals surface area contributed by atoms with Crippen LogP contribution in [0.3, 0.4) is 0 Å². The molecule has 0 radical (unpaired) electrons. The van der Waals surface area contributed by atoms with Gasteiger partial charge in [-0.1, -0.05) is 30.4 Å². The van der Waals surface area contributed by atoms with Crippen LogP contribution in [0, 0.1) is 15.4 Å². The Bertz CT molecular complexity index is 629. The van der Waals surface area contributed by atoms with E-state index in [1.807, 2.05) is 30.4 Å². The molecule has 0 saturated heterocycles. The quantitative estimate of drug-likeness (QED) is 0.551. The number of allylic oxidation sites excluding steroid dienone is 4. The Morgan fingerprint density at radius 1 is 1.06 bits per heavy atom. The van der Waals surface area contributed by atoms with Crippen LogP contribution in [0.15, 0.2) is 40.0 Å². The third kappa shape index (κ3) is 1.72. The van der Waals surface area contributed by atoms with Crippen LogP contribution in [0.4, 0.5) is 0 Å². The van der Waals surface area contributed by atoms with Crippen molar-refractivity contribution in [1.82, 2.24) is 0 Å². The van der Waals surface area contributed by atoms with Gasteiger partial charge in [-0.05, 0) is 51.2 Å². The van der Waals surface area contributed by atoms with E-state index in [2.05, 4.69) is 45.2 Å². The fourth-order valence-corrected chi connectivity index (χ4v) is 4.14. The van der Waals surface area contributed by atoms with E-state index in [1.54, 1.807) is 6.07 Å². The second kappa shape index (κ2) is 4.56. The van der Waals surface area contributed by atoms with Crippen LogP contribution in [0.2, 0.25) is 0 Å². The molecule has 0 saturated carbocycles. The number of benzene rings is 1. The molecule has 0 spiro atoms. The van der Waals surface area contributed by atoms with Crippen molar-refractivity contribution >= 4 is 56.7 Å². The molecule has 2 unspecified atom stereocenters. The standard InChI is InChI=1S/C14H8I2O2/c15-9-5-1-3-7-11(9)14(18)12-8(13(7)17)4-2-6-10(12)16/h1-7,11H. The maximum absolute atomic E-state index is 12.6. The first-order valence-corrected chi connectivity index (χ1v) is 7.68. The number of rotatable bonds is 0. The van der Waals surface area contributed by atoms with Gasteiger partial charge in [-0.15, -0.1) is 0 Å². The summed E-state index contributed by atoms with van der Waals surface area (Å²) < 4.78 is 1.81. The van der Waals surface area contributed by atoms with Crippen molar-refractivity contribution in [3.8, 4) is 0 Å². The number of hydrogen-bond acceptors (Lipinski definition) is 2. The number of carbonyl (C=O) groups is 2. The lowest BCUT2D eigenvalue weighted by Crippen LogP contribution is -2.37. The summed E-state index contributed by atoms with van der Waals surface area (Å²) >= 11 is 4.29. The summed E-state index contributed by atoms with van der Waals surface area (Å²) in [5.41, 5.74) is 1.17. The van der Waals surface area contributed by atoms with Gasteiger partial charge in [0, 0.05) is 18.3 Å². The lowest BCUT2D eigenvalue weighted by Gasteiger charge is -2.31. The number of ketones is 2. The third-order valence-electron chi connectivity index (χ3n) is 3.34. The largest absolute Gasteiger partial charge is 0.293 e. The number of carbonyl (C=O) groups excluding carboxylic acids is 2. The lowest BCUT2D eigenvalue weighted by molar-refractivity contribution is 0.0799. The molecular formula is C14H8I2O2. The van der Waals surface area contributed by atoms with E-state index in [0.29, 0.717) is 11.1 Å². The summed E-state index contributed by atoms with van der Waals surface area (Å²) in [4.78, 5) is 25.0. The van der Waals surface area contributed by atoms with Crippen molar-refractivity contribution in [1.29, 1.82) is 0 Å². The maximum Gasteiger partial charge on any atom is 0.173 e. The van der Waals surface area contributed by atoms with Crippen LogP contribution in [-0.4, -0.2) is 11.6 Å². The van der Waals surface area contributed by atoms with Gasteiger partial charge in [0.05, 0.1) is 11.8 Å². The first-order valence-electron chi connectivity index (χ1n) is 5.52. The molecule has 2 nitrogen and oxygen atoms in total. The summed E-state index contributed by atoms with van der Waals surface area (Å²) in [6.45, 7) is 0. The molecule has 4 heteroatoms. The maximum atomic E-state index is 12.6. The normalized spacial score (nSPS) is 25.6. The second-order valence-electron chi connectivity index (χ2n) is 4.33. The summed E-state index contributed by atoms with van der Waals surface area (Å²) in [5.74, 6) is -0.497. The predicted octanol–water partition coefficient (Wildman–Crippen LogP) is 3.79. The highest BCUT2D eigenvalue weighted by molar-refractivity contribution is 14.1. The minimum Gasteiger partial charge on any atom is -0.293 e. The smallest absolute Gasteiger partial charge is 0.173 e. The SMILES string of the molecule is O=C1c2cccc(I)c2C(=O)C2C(I)=CC=CC12. The molecule has 0 aliphatic heterocycles. The van der Waals surface area contributed by atoms with Crippen LogP contribution >= 0.6 is 45.2 Å². The van der Waals surface area contributed by atoms with Crippen LogP contribution in [0.1, 0.15) is 20.7 Å². The Labute approximate surface area is 132 Å². The first kappa shape index (κ1) is 12.5. The second-order valence-corrected chi connectivity index (χ2v) is 6.74. The van der Waals surface area contributed by atoms with Crippen molar-refractivity contribution in [2.24, 2.45) is 11.8 Å². The highest BCUT2D eigenvalue weighted by Crippen LogP contribution is 2.41. The van der Waals surface area contributed by atoms with Crippen molar-refractivity contribution < 1.29 is 9.59 Å². The van der Waals surface area contributed by atoms with Crippen molar-refractivity contribution in [2.75, 3.05) is 0 Å². The van der Waals surface area contributed by atoms with Gasteiger partial charge in [0.2, 0.25) is 0 Å². The van der Waals surface area contributed by atoms with Gasteiger partial charge in [0.25, 0.3) is 0 Å². The molecule has 1 aromatic rings. The topological polar surface area (TPSA) is 34.1 Å². The predicted molar refractivity (Wildman–Crippen MR) is 86.0 cm³/mol. The molecule has 1 aromatic carbocycles. The van der Waals surface area contributed by atoms with Gasteiger partial charge in [0.15, 0.2) is 11.6 Å². The Balaban J connectivity index is 2.26.